The molecule has 4 nitrogen and oxygen atoms in total. The largest absolute Gasteiger partial charge is 0.361 e. The van der Waals surface area contributed by atoms with Crippen LogP contribution in [0.2, 0.25) is 5.02 Å². The Labute approximate surface area is 145 Å². The number of halogens is 1. The van der Waals surface area contributed by atoms with Crippen LogP contribution < -0.4 is 5.32 Å². The fourth-order valence-electron chi connectivity index (χ4n) is 3.15. The summed E-state index contributed by atoms with van der Waals surface area (Å²) >= 11 is 6.48. The van der Waals surface area contributed by atoms with Crippen molar-refractivity contribution in [3.8, 4) is 11.1 Å². The van der Waals surface area contributed by atoms with Crippen LogP contribution >= 0.6 is 11.6 Å². The first-order valence-corrected chi connectivity index (χ1v) is 8.47. The van der Waals surface area contributed by atoms with Gasteiger partial charge in [-0.05, 0) is 41.3 Å². The molecule has 3 aromatic rings. The van der Waals surface area contributed by atoms with Crippen molar-refractivity contribution in [2.75, 3.05) is 26.2 Å². The quantitative estimate of drug-likeness (QED) is 0.750. The van der Waals surface area contributed by atoms with Crippen LogP contribution in [0.3, 0.4) is 0 Å². The van der Waals surface area contributed by atoms with E-state index in [-0.39, 0.29) is 5.91 Å². The minimum atomic E-state index is 0.0473. The lowest BCUT2D eigenvalue weighted by Crippen LogP contribution is -2.46. The third kappa shape index (κ3) is 2.79. The predicted molar refractivity (Wildman–Crippen MR) is 97.5 cm³/mol. The number of nitrogens with zero attached hydrogens (tertiary/aromatic N) is 1. The molecule has 1 fully saturated rings. The number of amides is 1. The highest BCUT2D eigenvalue weighted by molar-refractivity contribution is 6.33. The number of nitrogens with one attached hydrogen (secondary N) is 2. The van der Waals surface area contributed by atoms with Crippen molar-refractivity contribution < 1.29 is 4.79 Å². The zero-order chi connectivity index (χ0) is 16.5. The van der Waals surface area contributed by atoms with E-state index in [0.29, 0.717) is 10.6 Å². The Bertz CT molecular complexity index is 897. The summed E-state index contributed by atoms with van der Waals surface area (Å²) in [6.07, 6.45) is 1.92. The number of piperazine rings is 1. The Morgan fingerprint density at radius 1 is 1.04 bits per heavy atom. The van der Waals surface area contributed by atoms with Gasteiger partial charge in [0.05, 0.1) is 0 Å². The number of H-pyrrole nitrogens is 1. The van der Waals surface area contributed by atoms with Crippen LogP contribution in [0.5, 0.6) is 0 Å². The number of fused-ring (bicyclic) bond motifs is 1. The molecule has 2 heterocycles. The smallest absolute Gasteiger partial charge is 0.253 e. The average Bonchev–Trinajstić information content (AvgIpc) is 3.09. The highest BCUT2D eigenvalue weighted by atomic mass is 35.5. The van der Waals surface area contributed by atoms with Gasteiger partial charge in [-0.25, -0.2) is 0 Å². The van der Waals surface area contributed by atoms with Gasteiger partial charge >= 0.3 is 0 Å². The summed E-state index contributed by atoms with van der Waals surface area (Å²) in [4.78, 5) is 17.6. The first-order chi connectivity index (χ1) is 11.7. The Hall–Kier alpha value is -2.30. The molecule has 0 atom stereocenters. The lowest BCUT2D eigenvalue weighted by molar-refractivity contribution is 0.0736. The monoisotopic (exact) mass is 339 g/mol. The van der Waals surface area contributed by atoms with E-state index in [0.717, 1.165) is 48.2 Å². The lowest BCUT2D eigenvalue weighted by Gasteiger charge is -2.27. The standard InChI is InChI=1S/C19H18ClN3O/c20-17-12-15(19(24)23-9-7-21-8-10-23)1-3-16(17)13-2-4-18-14(11-13)5-6-22-18/h1-6,11-12,21-22H,7-10H2. The van der Waals surface area contributed by atoms with Crippen LogP contribution in [-0.2, 0) is 0 Å². The molecular weight excluding hydrogens is 322 g/mol. The molecule has 122 valence electrons. The summed E-state index contributed by atoms with van der Waals surface area (Å²) in [6.45, 7) is 3.16. The molecular formula is C19H18ClN3O. The van der Waals surface area contributed by atoms with Gasteiger partial charge in [0.1, 0.15) is 0 Å². The van der Waals surface area contributed by atoms with Gasteiger partial charge in [-0.15, -0.1) is 0 Å². The molecule has 1 amide bonds. The van der Waals surface area contributed by atoms with E-state index in [2.05, 4.69) is 16.4 Å². The minimum Gasteiger partial charge on any atom is -0.361 e. The number of hydrogen-bond donors (Lipinski definition) is 2. The van der Waals surface area contributed by atoms with E-state index in [1.54, 1.807) is 6.07 Å². The summed E-state index contributed by atoms with van der Waals surface area (Å²) in [5.74, 6) is 0.0473. The van der Waals surface area contributed by atoms with Crippen molar-refractivity contribution in [1.82, 2.24) is 15.2 Å². The molecule has 1 aromatic heterocycles. The highest BCUT2D eigenvalue weighted by Crippen LogP contribution is 2.31. The van der Waals surface area contributed by atoms with Gasteiger partial charge in [-0.2, -0.15) is 0 Å². The van der Waals surface area contributed by atoms with Gasteiger partial charge in [0.25, 0.3) is 5.91 Å². The van der Waals surface area contributed by atoms with E-state index < -0.39 is 0 Å². The van der Waals surface area contributed by atoms with Crippen molar-refractivity contribution in [3.63, 3.8) is 0 Å². The second-order valence-corrected chi connectivity index (χ2v) is 6.42. The zero-order valence-electron chi connectivity index (χ0n) is 13.2. The van der Waals surface area contributed by atoms with Gasteiger partial charge in [-0.1, -0.05) is 23.7 Å². The van der Waals surface area contributed by atoms with Crippen molar-refractivity contribution in [3.05, 3.63) is 59.2 Å². The SMILES string of the molecule is O=C(c1ccc(-c2ccc3[nH]ccc3c2)c(Cl)c1)N1CCNCC1. The number of rotatable bonds is 2. The Morgan fingerprint density at radius 3 is 2.67 bits per heavy atom. The molecule has 0 bridgehead atoms. The first kappa shape index (κ1) is 15.2. The maximum atomic E-state index is 12.6. The minimum absolute atomic E-state index is 0.0473. The molecule has 0 unspecified atom stereocenters. The number of carbonyl (C=O) groups is 1. The average molecular weight is 340 g/mol. The molecule has 24 heavy (non-hydrogen) atoms. The van der Waals surface area contributed by atoms with Crippen LogP contribution in [-0.4, -0.2) is 42.0 Å². The van der Waals surface area contributed by atoms with Crippen molar-refractivity contribution in [1.29, 1.82) is 0 Å². The fourth-order valence-corrected chi connectivity index (χ4v) is 3.44. The van der Waals surface area contributed by atoms with Gasteiger partial charge < -0.3 is 15.2 Å². The molecule has 2 N–H and O–H groups in total. The second-order valence-electron chi connectivity index (χ2n) is 6.02. The third-order valence-electron chi connectivity index (χ3n) is 4.48. The number of benzene rings is 2. The van der Waals surface area contributed by atoms with E-state index in [1.165, 1.54) is 0 Å². The molecule has 0 radical (unpaired) electrons. The normalized spacial score (nSPS) is 15.0. The lowest BCUT2D eigenvalue weighted by atomic mass is 10.0. The Kier molecular flexibility index (Phi) is 4.00. The molecule has 1 aliphatic heterocycles. The molecule has 0 saturated carbocycles. The first-order valence-electron chi connectivity index (χ1n) is 8.09. The number of hydrogen-bond acceptors (Lipinski definition) is 2. The van der Waals surface area contributed by atoms with Crippen LogP contribution in [0.1, 0.15) is 10.4 Å². The molecule has 4 rings (SSSR count). The van der Waals surface area contributed by atoms with Crippen LogP contribution in [0.4, 0.5) is 0 Å². The summed E-state index contributed by atoms with van der Waals surface area (Å²) < 4.78 is 0. The second kappa shape index (κ2) is 6.30. The maximum Gasteiger partial charge on any atom is 0.253 e. The number of carbonyl (C=O) groups excluding carboxylic acids is 1. The molecule has 1 aliphatic rings. The van der Waals surface area contributed by atoms with Crippen molar-refractivity contribution in [2.24, 2.45) is 0 Å². The van der Waals surface area contributed by atoms with Crippen molar-refractivity contribution in [2.45, 2.75) is 0 Å². The highest BCUT2D eigenvalue weighted by Gasteiger charge is 2.19. The van der Waals surface area contributed by atoms with Crippen LogP contribution in [0, 0.1) is 0 Å². The summed E-state index contributed by atoms with van der Waals surface area (Å²) in [6, 6.07) is 13.8. The van der Waals surface area contributed by atoms with Gasteiger partial charge in [0.2, 0.25) is 0 Å². The summed E-state index contributed by atoms with van der Waals surface area (Å²) in [5, 5.41) is 5.00. The van der Waals surface area contributed by atoms with Crippen LogP contribution in [0.25, 0.3) is 22.0 Å². The Morgan fingerprint density at radius 2 is 1.88 bits per heavy atom. The summed E-state index contributed by atoms with van der Waals surface area (Å²) in [7, 11) is 0. The number of aromatic amines is 1. The molecule has 1 saturated heterocycles. The van der Waals surface area contributed by atoms with Crippen molar-refractivity contribution >= 4 is 28.4 Å². The third-order valence-corrected chi connectivity index (χ3v) is 4.80. The molecule has 2 aromatic carbocycles. The maximum absolute atomic E-state index is 12.6. The topological polar surface area (TPSA) is 48.1 Å². The Balaban J connectivity index is 1.64. The van der Waals surface area contributed by atoms with Gasteiger partial charge in [0, 0.05) is 54.0 Å². The fraction of sp³-hybridized carbons (Fsp3) is 0.211. The van der Waals surface area contributed by atoms with E-state index in [1.807, 2.05) is 41.4 Å². The molecule has 0 spiro atoms. The van der Waals surface area contributed by atoms with Gasteiger partial charge in [0.15, 0.2) is 0 Å². The number of aromatic nitrogens is 1. The molecule has 0 aliphatic carbocycles. The van der Waals surface area contributed by atoms with Gasteiger partial charge in [-0.3, -0.25) is 4.79 Å². The van der Waals surface area contributed by atoms with E-state index >= 15 is 0 Å². The van der Waals surface area contributed by atoms with E-state index in [4.69, 9.17) is 11.6 Å². The summed E-state index contributed by atoms with van der Waals surface area (Å²) in [5.41, 5.74) is 3.73. The molecule has 5 heteroatoms. The van der Waals surface area contributed by atoms with E-state index in [9.17, 15) is 4.79 Å². The van der Waals surface area contributed by atoms with Crippen LogP contribution in [0.15, 0.2) is 48.7 Å². The predicted octanol–water partition coefficient (Wildman–Crippen LogP) is 3.53. The zero-order valence-corrected chi connectivity index (χ0v) is 13.9.